The molecule has 0 spiro atoms. The quantitative estimate of drug-likeness (QED) is 0.0819. The highest BCUT2D eigenvalue weighted by atomic mass is 19.2. The fourth-order valence-electron chi connectivity index (χ4n) is 4.06. The first-order valence-corrected chi connectivity index (χ1v) is 8.54. The van der Waals surface area contributed by atoms with Gasteiger partial charge in [0, 0.05) is 38.5 Å². The third-order valence-corrected chi connectivity index (χ3v) is 5.29. The van der Waals surface area contributed by atoms with Gasteiger partial charge in [-0.25, -0.2) is 17.6 Å². The first-order chi connectivity index (χ1) is 13.9. The number of benzene rings is 3. The van der Waals surface area contributed by atoms with Crippen LogP contribution in [-0.2, 0) is 6.54 Å². The zero-order valence-electron chi connectivity index (χ0n) is 14.6. The van der Waals surface area contributed by atoms with Crippen LogP contribution in [-0.4, -0.2) is 10.4 Å². The molecule has 144 valence electrons. The average molecular weight is 397 g/mol. The number of aromatic nitrogens is 1. The lowest BCUT2D eigenvalue weighted by Crippen LogP contribution is -2.14. The van der Waals surface area contributed by atoms with Crippen molar-refractivity contribution in [2.24, 2.45) is 16.1 Å². The Labute approximate surface area is 160 Å². The van der Waals surface area contributed by atoms with Crippen LogP contribution in [0.15, 0.2) is 46.7 Å². The molecule has 0 saturated heterocycles. The topological polar surface area (TPSA) is 79.5 Å². The Bertz CT molecular complexity index is 1400. The molecule has 5 nitrogen and oxygen atoms in total. The molecule has 0 saturated carbocycles. The molecule has 0 bridgehead atoms. The van der Waals surface area contributed by atoms with E-state index >= 15 is 0 Å². The summed E-state index contributed by atoms with van der Waals surface area (Å²) in [6, 6.07) is 10.1. The van der Waals surface area contributed by atoms with E-state index in [-0.39, 0.29) is 29.1 Å². The Morgan fingerprint density at radius 2 is 1.72 bits per heavy atom. The van der Waals surface area contributed by atoms with E-state index in [1.807, 2.05) is 0 Å². The van der Waals surface area contributed by atoms with E-state index in [9.17, 15) is 17.6 Å². The van der Waals surface area contributed by atoms with Crippen LogP contribution in [0.3, 0.4) is 0 Å². The van der Waals surface area contributed by atoms with E-state index in [2.05, 4.69) is 10.3 Å². The standard InChI is InChI=1S/C20H11F4N5/c21-15-12-7-29-13-5-4-8(20(25)27-28-26)6-11(13)9-2-1-3-10(19(9)29)14(12)16(22)18(24)17(15)23/h1-6H,7H2,(H3,25,26,27). The summed E-state index contributed by atoms with van der Waals surface area (Å²) in [5.41, 5.74) is 14.2. The predicted octanol–water partition coefficient (Wildman–Crippen LogP) is 5.03. The van der Waals surface area contributed by atoms with Crippen LogP contribution in [0.25, 0.3) is 32.9 Å². The first kappa shape index (κ1) is 17.4. The fraction of sp³-hybridized carbons (Fsp3) is 0.0500. The monoisotopic (exact) mass is 397 g/mol. The van der Waals surface area contributed by atoms with Crippen LogP contribution < -0.4 is 5.73 Å². The Morgan fingerprint density at radius 3 is 2.48 bits per heavy atom. The highest BCUT2D eigenvalue weighted by Crippen LogP contribution is 2.44. The molecule has 3 N–H and O–H groups in total. The number of amidine groups is 1. The van der Waals surface area contributed by atoms with Gasteiger partial charge in [0.15, 0.2) is 29.1 Å². The van der Waals surface area contributed by atoms with Crippen molar-refractivity contribution in [3.8, 4) is 11.1 Å². The molecule has 1 aliphatic heterocycles. The Hall–Kier alpha value is -3.75. The molecule has 0 fully saturated rings. The molecular formula is C20H11F4N5. The highest BCUT2D eigenvalue weighted by molar-refractivity contribution is 6.15. The molecule has 2 heterocycles. The van der Waals surface area contributed by atoms with Gasteiger partial charge in [0.2, 0.25) is 0 Å². The normalized spacial score (nSPS) is 13.2. The van der Waals surface area contributed by atoms with Gasteiger partial charge in [-0.05, 0) is 18.2 Å². The molecule has 1 aromatic heterocycles. The lowest BCUT2D eigenvalue weighted by Gasteiger charge is -2.22. The van der Waals surface area contributed by atoms with Crippen molar-refractivity contribution in [1.29, 1.82) is 5.53 Å². The first-order valence-electron chi connectivity index (χ1n) is 8.54. The van der Waals surface area contributed by atoms with Crippen molar-refractivity contribution in [3.63, 3.8) is 0 Å². The Kier molecular flexibility index (Phi) is 3.51. The smallest absolute Gasteiger partial charge is 0.198 e. The molecule has 0 atom stereocenters. The van der Waals surface area contributed by atoms with Crippen molar-refractivity contribution in [2.45, 2.75) is 6.54 Å². The number of nitrogens with zero attached hydrogens (tertiary/aromatic N) is 3. The van der Waals surface area contributed by atoms with Crippen LogP contribution in [0.2, 0.25) is 0 Å². The van der Waals surface area contributed by atoms with Gasteiger partial charge in [0.25, 0.3) is 0 Å². The molecule has 1 aliphatic rings. The molecule has 5 rings (SSSR count). The van der Waals surface area contributed by atoms with Crippen LogP contribution >= 0.6 is 0 Å². The number of halogens is 4. The zero-order valence-corrected chi connectivity index (χ0v) is 14.6. The molecule has 0 radical (unpaired) electrons. The van der Waals surface area contributed by atoms with E-state index in [1.54, 1.807) is 41.0 Å². The van der Waals surface area contributed by atoms with Gasteiger partial charge in [-0.15, -0.1) is 5.10 Å². The maximum atomic E-state index is 14.6. The van der Waals surface area contributed by atoms with Crippen LogP contribution in [0.5, 0.6) is 0 Å². The number of hydrogen-bond acceptors (Lipinski definition) is 2. The van der Waals surface area contributed by atoms with Crippen molar-refractivity contribution in [3.05, 3.63) is 70.8 Å². The van der Waals surface area contributed by atoms with E-state index in [0.29, 0.717) is 22.0 Å². The highest BCUT2D eigenvalue weighted by Gasteiger charge is 2.31. The maximum absolute atomic E-state index is 14.6. The van der Waals surface area contributed by atoms with Gasteiger partial charge in [-0.3, -0.25) is 0 Å². The SMILES string of the molecule is N=NN=C(N)c1ccc2c(c1)c1cccc3c1n2Cc1c(F)c(F)c(F)c(F)c1-3. The Balaban J connectivity index is 1.91. The van der Waals surface area contributed by atoms with E-state index in [4.69, 9.17) is 11.3 Å². The lowest BCUT2D eigenvalue weighted by atomic mass is 9.93. The number of fused-ring (bicyclic) bond motifs is 5. The summed E-state index contributed by atoms with van der Waals surface area (Å²) < 4.78 is 58.6. The van der Waals surface area contributed by atoms with Crippen molar-refractivity contribution >= 4 is 27.6 Å². The molecule has 3 aromatic carbocycles. The van der Waals surface area contributed by atoms with Gasteiger partial charge in [0.05, 0.1) is 12.1 Å². The van der Waals surface area contributed by atoms with Gasteiger partial charge >= 0.3 is 0 Å². The van der Waals surface area contributed by atoms with Crippen molar-refractivity contribution in [2.75, 3.05) is 0 Å². The molecular weight excluding hydrogens is 386 g/mol. The fourth-order valence-corrected chi connectivity index (χ4v) is 4.06. The van der Waals surface area contributed by atoms with E-state index < -0.39 is 23.3 Å². The molecule has 0 aliphatic carbocycles. The molecule has 0 amide bonds. The third-order valence-electron chi connectivity index (χ3n) is 5.29. The number of hydrogen-bond donors (Lipinski definition) is 2. The van der Waals surface area contributed by atoms with E-state index in [0.717, 1.165) is 5.39 Å². The van der Waals surface area contributed by atoms with Gasteiger partial charge < -0.3 is 10.3 Å². The summed E-state index contributed by atoms with van der Waals surface area (Å²) in [6.45, 7) is -0.155. The second-order valence-electron chi connectivity index (χ2n) is 6.71. The van der Waals surface area contributed by atoms with Crippen molar-refractivity contribution in [1.82, 2.24) is 4.57 Å². The average Bonchev–Trinajstić information content (AvgIpc) is 3.05. The molecule has 0 unspecified atom stereocenters. The van der Waals surface area contributed by atoms with E-state index in [1.165, 1.54) is 0 Å². The second-order valence-corrected chi connectivity index (χ2v) is 6.71. The van der Waals surface area contributed by atoms with Crippen molar-refractivity contribution < 1.29 is 17.6 Å². The minimum Gasteiger partial charge on any atom is -0.382 e. The number of rotatable bonds is 2. The lowest BCUT2D eigenvalue weighted by molar-refractivity contribution is 0.404. The molecule has 9 heteroatoms. The summed E-state index contributed by atoms with van der Waals surface area (Å²) in [7, 11) is 0. The van der Waals surface area contributed by atoms with Crippen LogP contribution in [0, 0.1) is 28.8 Å². The largest absolute Gasteiger partial charge is 0.382 e. The van der Waals surface area contributed by atoms with Crippen LogP contribution in [0.4, 0.5) is 17.6 Å². The predicted molar refractivity (Wildman–Crippen MR) is 99.7 cm³/mol. The van der Waals surface area contributed by atoms with Gasteiger partial charge in [-0.1, -0.05) is 23.4 Å². The van der Waals surface area contributed by atoms with Gasteiger partial charge in [-0.2, -0.15) is 5.53 Å². The summed E-state index contributed by atoms with van der Waals surface area (Å²) in [4.78, 5) is 0. The summed E-state index contributed by atoms with van der Waals surface area (Å²) in [5.74, 6) is -6.41. The molecule has 4 aromatic rings. The number of nitrogens with one attached hydrogen (secondary N) is 1. The number of nitrogens with two attached hydrogens (primary N) is 1. The zero-order chi connectivity index (χ0) is 20.4. The Morgan fingerprint density at radius 1 is 0.966 bits per heavy atom. The van der Waals surface area contributed by atoms with Gasteiger partial charge in [0.1, 0.15) is 0 Å². The molecule has 29 heavy (non-hydrogen) atoms. The third kappa shape index (κ3) is 2.18. The maximum Gasteiger partial charge on any atom is 0.198 e. The minimum absolute atomic E-state index is 0.0401. The second kappa shape index (κ2) is 5.87. The number of para-hydroxylation sites is 1. The summed E-state index contributed by atoms with van der Waals surface area (Å²) in [5, 5.41) is 7.86. The minimum atomic E-state index is -1.83. The summed E-state index contributed by atoms with van der Waals surface area (Å²) in [6.07, 6.45) is 0. The van der Waals surface area contributed by atoms with Crippen LogP contribution in [0.1, 0.15) is 11.1 Å². The summed E-state index contributed by atoms with van der Waals surface area (Å²) >= 11 is 0.